The van der Waals surface area contributed by atoms with Crippen LogP contribution in [0.4, 0.5) is 17.3 Å². The van der Waals surface area contributed by atoms with Gasteiger partial charge in [-0.3, -0.25) is 30.3 Å². The highest BCUT2D eigenvalue weighted by molar-refractivity contribution is 6.06. The average Bonchev–Trinajstić information content (AvgIpc) is 2.80. The lowest BCUT2D eigenvalue weighted by Crippen LogP contribution is -2.15. The molecule has 0 saturated heterocycles. The number of aryl methyl sites for hydroxylation is 1. The summed E-state index contributed by atoms with van der Waals surface area (Å²) < 4.78 is 5.30. The molecular weight excluding hydrogens is 332 g/mol. The van der Waals surface area contributed by atoms with E-state index in [0.29, 0.717) is 11.3 Å². The third-order valence-electron chi connectivity index (χ3n) is 3.74. The Morgan fingerprint density at radius 3 is 2.32 bits per heavy atom. The fraction of sp³-hybridized carbons (Fsp3) is 0.200. The van der Waals surface area contributed by atoms with E-state index in [-0.39, 0.29) is 22.6 Å². The van der Waals surface area contributed by atoms with Gasteiger partial charge in [-0.05, 0) is 20.8 Å². The number of nitro groups is 2. The summed E-state index contributed by atoms with van der Waals surface area (Å²) in [5.41, 5.74) is -0.771. The molecular formula is C15H12N4O6. The van der Waals surface area contributed by atoms with E-state index in [4.69, 9.17) is 9.68 Å². The number of non-ortho nitro benzene ring substituents is 1. The first-order valence-electron chi connectivity index (χ1n) is 6.92. The number of nitrogens with zero attached hydrogens (tertiary/aromatic N) is 3. The maximum Gasteiger partial charge on any atom is 0.279 e. The Balaban J connectivity index is 2.53. The maximum atomic E-state index is 12.4. The highest BCUT2D eigenvalue weighted by Gasteiger charge is 2.26. The summed E-state index contributed by atoms with van der Waals surface area (Å²) in [6, 6.07) is 3.61. The predicted octanol–water partition coefficient (Wildman–Crippen LogP) is 3.15. The molecule has 10 nitrogen and oxygen atoms in total. The van der Waals surface area contributed by atoms with E-state index in [1.807, 2.05) is 6.07 Å². The van der Waals surface area contributed by atoms with Crippen molar-refractivity contribution in [2.45, 2.75) is 20.8 Å². The highest BCUT2D eigenvalue weighted by atomic mass is 16.6. The lowest BCUT2D eigenvalue weighted by Gasteiger charge is -2.07. The smallest absolute Gasteiger partial charge is 0.279 e. The number of rotatable bonds is 4. The zero-order valence-corrected chi connectivity index (χ0v) is 13.4. The van der Waals surface area contributed by atoms with Gasteiger partial charge in [0.15, 0.2) is 0 Å². The molecule has 0 bridgehead atoms. The molecule has 1 aromatic heterocycles. The Morgan fingerprint density at radius 2 is 1.80 bits per heavy atom. The number of nitro benzene ring substituents is 2. The van der Waals surface area contributed by atoms with Crippen LogP contribution in [0.15, 0.2) is 16.5 Å². The Kier molecular flexibility index (Phi) is 4.51. The minimum Gasteiger partial charge on any atom is -0.444 e. The van der Waals surface area contributed by atoms with E-state index in [1.54, 1.807) is 13.8 Å². The van der Waals surface area contributed by atoms with Crippen LogP contribution in [0.3, 0.4) is 0 Å². The van der Waals surface area contributed by atoms with Crippen molar-refractivity contribution in [2.75, 3.05) is 5.32 Å². The van der Waals surface area contributed by atoms with Gasteiger partial charge in [-0.2, -0.15) is 5.26 Å². The normalized spacial score (nSPS) is 10.2. The largest absolute Gasteiger partial charge is 0.444 e. The topological polar surface area (TPSA) is 152 Å². The van der Waals surface area contributed by atoms with Crippen molar-refractivity contribution >= 4 is 23.2 Å². The fourth-order valence-corrected chi connectivity index (χ4v) is 2.24. The Bertz CT molecular complexity index is 954. The third kappa shape index (κ3) is 3.16. The third-order valence-corrected chi connectivity index (χ3v) is 3.74. The molecule has 1 aromatic carbocycles. The first-order valence-corrected chi connectivity index (χ1v) is 6.92. The summed E-state index contributed by atoms with van der Waals surface area (Å²) in [6.07, 6.45) is 0. The van der Waals surface area contributed by atoms with E-state index < -0.39 is 27.1 Å². The SMILES string of the molecule is Cc1oc(NC(=O)c2cc([N+](=O)[O-])cc([N+](=O)[O-])c2C)c(C#N)c1C. The predicted molar refractivity (Wildman–Crippen MR) is 85.3 cm³/mol. The van der Waals surface area contributed by atoms with Gasteiger partial charge in [0.05, 0.1) is 21.5 Å². The Labute approximate surface area is 141 Å². The second-order valence-corrected chi connectivity index (χ2v) is 5.20. The number of carbonyl (C=O) groups is 1. The van der Waals surface area contributed by atoms with Gasteiger partial charge in [-0.15, -0.1) is 0 Å². The minimum absolute atomic E-state index is 0.0355. The van der Waals surface area contributed by atoms with Gasteiger partial charge in [0, 0.05) is 17.2 Å². The number of benzene rings is 1. The van der Waals surface area contributed by atoms with E-state index >= 15 is 0 Å². The number of hydrogen-bond acceptors (Lipinski definition) is 7. The van der Waals surface area contributed by atoms with Gasteiger partial charge in [0.2, 0.25) is 5.88 Å². The summed E-state index contributed by atoms with van der Waals surface area (Å²) in [7, 11) is 0. The van der Waals surface area contributed by atoms with E-state index in [1.165, 1.54) is 6.92 Å². The van der Waals surface area contributed by atoms with Gasteiger partial charge in [0.1, 0.15) is 17.4 Å². The number of nitrogens with one attached hydrogen (secondary N) is 1. The second-order valence-electron chi connectivity index (χ2n) is 5.20. The van der Waals surface area contributed by atoms with Gasteiger partial charge in [-0.1, -0.05) is 0 Å². The summed E-state index contributed by atoms with van der Waals surface area (Å²) in [4.78, 5) is 32.8. The minimum atomic E-state index is -0.852. The van der Waals surface area contributed by atoms with E-state index in [2.05, 4.69) is 5.32 Å². The van der Waals surface area contributed by atoms with E-state index in [9.17, 15) is 25.0 Å². The highest BCUT2D eigenvalue weighted by Crippen LogP contribution is 2.30. The molecule has 1 amide bonds. The lowest BCUT2D eigenvalue weighted by molar-refractivity contribution is -0.394. The number of carbonyl (C=O) groups excluding carboxylic acids is 1. The summed E-state index contributed by atoms with van der Waals surface area (Å²) in [5, 5.41) is 33.5. The number of hydrogen-bond donors (Lipinski definition) is 1. The Morgan fingerprint density at radius 1 is 1.16 bits per heavy atom. The second kappa shape index (κ2) is 6.40. The molecule has 25 heavy (non-hydrogen) atoms. The quantitative estimate of drug-likeness (QED) is 0.660. The van der Waals surface area contributed by atoms with Gasteiger partial charge < -0.3 is 4.42 Å². The van der Waals surface area contributed by atoms with Gasteiger partial charge >= 0.3 is 0 Å². The molecule has 2 rings (SSSR count). The molecule has 0 unspecified atom stereocenters. The number of nitriles is 1. The van der Waals surface area contributed by atoms with Crippen molar-refractivity contribution in [3.63, 3.8) is 0 Å². The molecule has 1 N–H and O–H groups in total. The average molecular weight is 344 g/mol. The summed E-state index contributed by atoms with van der Waals surface area (Å²) in [6.45, 7) is 4.55. The van der Waals surface area contributed by atoms with Crippen molar-refractivity contribution in [1.82, 2.24) is 0 Å². The van der Waals surface area contributed by atoms with Gasteiger partial charge in [-0.25, -0.2) is 0 Å². The molecule has 0 radical (unpaired) electrons. The first-order chi connectivity index (χ1) is 11.7. The molecule has 10 heteroatoms. The van der Waals surface area contributed by atoms with Crippen LogP contribution in [-0.2, 0) is 0 Å². The van der Waals surface area contributed by atoms with Crippen LogP contribution >= 0.6 is 0 Å². The van der Waals surface area contributed by atoms with Crippen molar-refractivity contribution in [3.8, 4) is 6.07 Å². The monoisotopic (exact) mass is 344 g/mol. The van der Waals surface area contributed by atoms with Crippen LogP contribution < -0.4 is 5.32 Å². The first kappa shape index (κ1) is 17.6. The molecule has 0 spiro atoms. The van der Waals surface area contributed by atoms with Crippen molar-refractivity contribution in [2.24, 2.45) is 0 Å². The van der Waals surface area contributed by atoms with E-state index in [0.717, 1.165) is 12.1 Å². The van der Waals surface area contributed by atoms with Crippen LogP contribution in [0.25, 0.3) is 0 Å². The maximum absolute atomic E-state index is 12.4. The molecule has 0 aliphatic heterocycles. The Hall–Kier alpha value is -3.74. The van der Waals surface area contributed by atoms with Crippen molar-refractivity contribution < 1.29 is 19.1 Å². The van der Waals surface area contributed by atoms with Gasteiger partial charge in [0.25, 0.3) is 17.3 Å². The molecule has 0 aliphatic carbocycles. The van der Waals surface area contributed by atoms with Crippen LogP contribution in [0.2, 0.25) is 0 Å². The van der Waals surface area contributed by atoms with Crippen LogP contribution in [0, 0.1) is 52.3 Å². The zero-order chi connectivity index (χ0) is 18.9. The number of anilines is 1. The lowest BCUT2D eigenvalue weighted by atomic mass is 10.0. The summed E-state index contributed by atoms with van der Waals surface area (Å²) in [5.74, 6) is -0.542. The standard InChI is InChI=1S/C15H12N4O6/c1-7-9(3)25-15(12(7)6-16)17-14(20)11-4-10(18(21)22)5-13(8(11)2)19(23)24/h4-5H,1-3H3,(H,17,20). The molecule has 128 valence electrons. The summed E-state index contributed by atoms with van der Waals surface area (Å²) >= 11 is 0. The van der Waals surface area contributed by atoms with Crippen LogP contribution in [0.1, 0.15) is 32.8 Å². The molecule has 0 aliphatic rings. The van der Waals surface area contributed by atoms with Crippen molar-refractivity contribution in [3.05, 3.63) is 60.4 Å². The zero-order valence-electron chi connectivity index (χ0n) is 13.4. The number of amides is 1. The van der Waals surface area contributed by atoms with Crippen LogP contribution in [-0.4, -0.2) is 15.8 Å². The molecule has 0 fully saturated rings. The molecule has 1 heterocycles. The fourth-order valence-electron chi connectivity index (χ4n) is 2.24. The van der Waals surface area contributed by atoms with Crippen LogP contribution in [0.5, 0.6) is 0 Å². The number of furan rings is 1. The molecule has 0 saturated carbocycles. The van der Waals surface area contributed by atoms with Crippen molar-refractivity contribution in [1.29, 1.82) is 5.26 Å². The molecule has 2 aromatic rings. The molecule has 0 atom stereocenters.